The standard InChI is InChI=1S/C7H6F4N2O2/c8-6(9,2-13-5-14)1-7(10,11)3-15-4-12/h1-3H2. The number of carbonyl (C=O) groups excluding carboxylic acids is 1. The molecule has 0 aliphatic rings. The van der Waals surface area contributed by atoms with Gasteiger partial charge in [-0.2, -0.15) is 10.3 Å². The Morgan fingerprint density at radius 1 is 1.27 bits per heavy atom. The second-order valence-electron chi connectivity index (χ2n) is 2.68. The first-order chi connectivity index (χ1) is 6.83. The molecule has 0 rings (SSSR count). The van der Waals surface area contributed by atoms with E-state index in [-0.39, 0.29) is 0 Å². The minimum Gasteiger partial charge on any atom is -0.421 e. The molecule has 0 aliphatic carbocycles. The zero-order valence-corrected chi connectivity index (χ0v) is 7.34. The number of isocyanates is 1. The van der Waals surface area contributed by atoms with Crippen molar-refractivity contribution in [2.24, 2.45) is 4.99 Å². The van der Waals surface area contributed by atoms with Crippen LogP contribution < -0.4 is 0 Å². The highest BCUT2D eigenvalue weighted by atomic mass is 19.3. The smallest absolute Gasteiger partial charge is 0.288 e. The summed E-state index contributed by atoms with van der Waals surface area (Å²) in [5.41, 5.74) is 0. The molecule has 0 aromatic carbocycles. The first-order valence-electron chi connectivity index (χ1n) is 3.63. The number of ether oxygens (including phenoxy) is 1. The predicted octanol–water partition coefficient (Wildman–Crippen LogP) is 1.48. The van der Waals surface area contributed by atoms with Crippen molar-refractivity contribution in [3.05, 3.63) is 0 Å². The van der Waals surface area contributed by atoms with E-state index >= 15 is 0 Å². The van der Waals surface area contributed by atoms with Crippen molar-refractivity contribution in [1.82, 2.24) is 0 Å². The lowest BCUT2D eigenvalue weighted by Crippen LogP contribution is -2.34. The summed E-state index contributed by atoms with van der Waals surface area (Å²) in [5.74, 6) is -7.68. The van der Waals surface area contributed by atoms with Crippen LogP contribution in [-0.4, -0.2) is 31.1 Å². The Labute approximate surface area is 82.2 Å². The first kappa shape index (κ1) is 13.4. The summed E-state index contributed by atoms with van der Waals surface area (Å²) >= 11 is 0. The van der Waals surface area contributed by atoms with Gasteiger partial charge in [0.1, 0.15) is 6.54 Å². The number of nitrogens with zero attached hydrogens (tertiary/aromatic N) is 2. The number of hydrogen-bond acceptors (Lipinski definition) is 4. The second-order valence-corrected chi connectivity index (χ2v) is 2.68. The monoisotopic (exact) mass is 226 g/mol. The molecule has 4 nitrogen and oxygen atoms in total. The van der Waals surface area contributed by atoms with Crippen LogP contribution in [-0.2, 0) is 9.53 Å². The summed E-state index contributed by atoms with van der Waals surface area (Å²) in [6, 6.07) is 0. The second kappa shape index (κ2) is 5.32. The lowest BCUT2D eigenvalue weighted by molar-refractivity contribution is -0.126. The van der Waals surface area contributed by atoms with Crippen molar-refractivity contribution < 1.29 is 27.1 Å². The summed E-state index contributed by atoms with van der Waals surface area (Å²) in [5, 5.41) is 7.81. The molecule has 0 heterocycles. The Kier molecular flexibility index (Phi) is 4.74. The van der Waals surface area contributed by atoms with Gasteiger partial charge in [-0.25, -0.2) is 22.4 Å². The predicted molar refractivity (Wildman–Crippen MR) is 39.1 cm³/mol. The third kappa shape index (κ3) is 6.46. The number of hydrogen-bond donors (Lipinski definition) is 0. The Bertz CT molecular complexity index is 294. The highest BCUT2D eigenvalue weighted by Crippen LogP contribution is 2.30. The van der Waals surface area contributed by atoms with E-state index in [0.29, 0.717) is 0 Å². The molecule has 0 saturated heterocycles. The van der Waals surface area contributed by atoms with E-state index in [1.165, 1.54) is 0 Å². The van der Waals surface area contributed by atoms with Crippen LogP contribution in [0, 0.1) is 11.5 Å². The zero-order valence-electron chi connectivity index (χ0n) is 7.34. The van der Waals surface area contributed by atoms with Crippen LogP contribution in [0.5, 0.6) is 0 Å². The van der Waals surface area contributed by atoms with Gasteiger partial charge in [-0.05, 0) is 0 Å². The molecular formula is C7H6F4N2O2. The normalized spacial score (nSPS) is 11.4. The van der Waals surface area contributed by atoms with Gasteiger partial charge in [0.25, 0.3) is 18.1 Å². The quantitative estimate of drug-likeness (QED) is 0.298. The van der Waals surface area contributed by atoms with Gasteiger partial charge in [-0.1, -0.05) is 0 Å². The molecule has 84 valence electrons. The molecule has 0 aromatic heterocycles. The number of halogens is 4. The van der Waals surface area contributed by atoms with E-state index < -0.39 is 31.4 Å². The summed E-state index contributed by atoms with van der Waals surface area (Å²) in [6.07, 6.45) is -0.0791. The van der Waals surface area contributed by atoms with Gasteiger partial charge < -0.3 is 4.74 Å². The molecule has 0 saturated carbocycles. The SMILES string of the molecule is N#COCC(F)(F)CC(F)(F)CN=C=O. The van der Waals surface area contributed by atoms with Crippen LogP contribution in [0.15, 0.2) is 4.99 Å². The van der Waals surface area contributed by atoms with E-state index in [1.807, 2.05) is 0 Å². The lowest BCUT2D eigenvalue weighted by atomic mass is 10.1. The topological polar surface area (TPSA) is 62.4 Å². The zero-order chi connectivity index (χ0) is 11.9. The highest BCUT2D eigenvalue weighted by molar-refractivity contribution is 5.33. The fraction of sp³-hybridized carbons (Fsp3) is 0.714. The van der Waals surface area contributed by atoms with Crippen LogP contribution in [0.25, 0.3) is 0 Å². The first-order valence-corrected chi connectivity index (χ1v) is 3.63. The number of nitriles is 1. The van der Waals surface area contributed by atoms with Crippen molar-refractivity contribution in [3.8, 4) is 6.26 Å². The van der Waals surface area contributed by atoms with Gasteiger partial charge in [0.15, 0.2) is 6.61 Å². The lowest BCUT2D eigenvalue weighted by Gasteiger charge is -2.19. The fourth-order valence-corrected chi connectivity index (χ4v) is 0.771. The summed E-state index contributed by atoms with van der Waals surface area (Å²) in [6.45, 7) is -2.79. The third-order valence-electron chi connectivity index (χ3n) is 1.24. The van der Waals surface area contributed by atoms with Crippen LogP contribution in [0.3, 0.4) is 0 Å². The largest absolute Gasteiger partial charge is 0.421 e. The number of aliphatic imine (C=N–C) groups is 1. The summed E-state index contributed by atoms with van der Waals surface area (Å²) < 4.78 is 54.2. The molecule has 0 aliphatic heterocycles. The molecule has 0 atom stereocenters. The van der Waals surface area contributed by atoms with Crippen LogP contribution in [0.1, 0.15) is 6.42 Å². The van der Waals surface area contributed by atoms with E-state index in [4.69, 9.17) is 5.26 Å². The Morgan fingerprint density at radius 2 is 1.87 bits per heavy atom. The van der Waals surface area contributed by atoms with Gasteiger partial charge in [-0.3, -0.25) is 0 Å². The van der Waals surface area contributed by atoms with Crippen molar-refractivity contribution in [2.75, 3.05) is 13.2 Å². The Balaban J connectivity index is 4.29. The van der Waals surface area contributed by atoms with Crippen molar-refractivity contribution in [3.63, 3.8) is 0 Å². The Hall–Kier alpha value is -1.61. The van der Waals surface area contributed by atoms with Gasteiger partial charge >= 0.3 is 0 Å². The van der Waals surface area contributed by atoms with Gasteiger partial charge in [0, 0.05) is 0 Å². The van der Waals surface area contributed by atoms with Crippen molar-refractivity contribution in [2.45, 2.75) is 18.3 Å². The third-order valence-corrected chi connectivity index (χ3v) is 1.24. The molecule has 0 radical (unpaired) electrons. The van der Waals surface area contributed by atoms with Crippen LogP contribution in [0.2, 0.25) is 0 Å². The summed E-state index contributed by atoms with van der Waals surface area (Å²) in [7, 11) is 0. The molecule has 0 spiro atoms. The van der Waals surface area contributed by atoms with Gasteiger partial charge in [0.2, 0.25) is 6.08 Å². The van der Waals surface area contributed by atoms with E-state index in [1.54, 1.807) is 0 Å². The maximum atomic E-state index is 12.6. The molecule has 0 amide bonds. The average Bonchev–Trinajstić information content (AvgIpc) is 2.10. The van der Waals surface area contributed by atoms with Gasteiger partial charge in [0.05, 0.1) is 6.42 Å². The molecule has 0 aromatic rings. The van der Waals surface area contributed by atoms with E-state index in [9.17, 15) is 22.4 Å². The molecule has 0 fully saturated rings. The maximum absolute atomic E-state index is 12.6. The number of rotatable bonds is 6. The average molecular weight is 226 g/mol. The molecular weight excluding hydrogens is 220 g/mol. The summed E-state index contributed by atoms with van der Waals surface area (Å²) in [4.78, 5) is 12.0. The minimum absolute atomic E-state index is 0.819. The molecule has 0 bridgehead atoms. The van der Waals surface area contributed by atoms with Crippen LogP contribution >= 0.6 is 0 Å². The van der Waals surface area contributed by atoms with Crippen molar-refractivity contribution >= 4 is 6.08 Å². The van der Waals surface area contributed by atoms with Gasteiger partial charge in [-0.15, -0.1) is 0 Å². The fourth-order valence-electron chi connectivity index (χ4n) is 0.771. The number of alkyl halides is 4. The van der Waals surface area contributed by atoms with Crippen LogP contribution in [0.4, 0.5) is 17.6 Å². The minimum atomic E-state index is -3.85. The maximum Gasteiger partial charge on any atom is 0.288 e. The van der Waals surface area contributed by atoms with Crippen molar-refractivity contribution in [1.29, 1.82) is 5.26 Å². The molecule has 0 unspecified atom stereocenters. The van der Waals surface area contributed by atoms with E-state index in [0.717, 1.165) is 12.3 Å². The molecule has 15 heavy (non-hydrogen) atoms. The van der Waals surface area contributed by atoms with E-state index in [2.05, 4.69) is 9.73 Å². The molecule has 0 N–H and O–H groups in total. The highest BCUT2D eigenvalue weighted by Gasteiger charge is 2.43. The Morgan fingerprint density at radius 3 is 2.33 bits per heavy atom. The molecule has 8 heteroatoms.